The van der Waals surface area contributed by atoms with E-state index >= 15 is 0 Å². The molecular weight excluding hydrogens is 620 g/mol. The molecule has 260 valence electrons. The Hall–Kier alpha value is -3.78. The van der Waals surface area contributed by atoms with Crippen LogP contribution in [0, 0.1) is 23.2 Å². The SMILES string of the molecule is CC(=O)OCC1=C/[C@@H]2OC(=O)[C@H](C)[C@@]2(O)[C@@H](OC(C)=O)[C@H]2[C@]3(CC[C@H](OC(C)=O)[C@]2(C)[C@@H](OC(=O)COC(=O)CC(C)C)/C=C\1)CO3. The first-order valence-corrected chi connectivity index (χ1v) is 15.7. The van der Waals surface area contributed by atoms with Crippen LogP contribution in [0.15, 0.2) is 23.8 Å². The molecule has 0 radical (unpaired) electrons. The molecule has 3 fully saturated rings. The third kappa shape index (κ3) is 7.38. The minimum absolute atomic E-state index is 0.00928. The van der Waals surface area contributed by atoms with Crippen LogP contribution in [0.5, 0.6) is 0 Å². The largest absolute Gasteiger partial charge is 0.462 e. The Bertz CT molecular complexity index is 1340. The number of esters is 6. The summed E-state index contributed by atoms with van der Waals surface area (Å²) >= 11 is 0. The monoisotopic (exact) mass is 664 g/mol. The Morgan fingerprint density at radius 3 is 2.23 bits per heavy atom. The molecule has 0 aromatic rings. The fourth-order valence-electron chi connectivity index (χ4n) is 7.14. The first-order chi connectivity index (χ1) is 21.9. The van der Waals surface area contributed by atoms with Gasteiger partial charge < -0.3 is 38.3 Å². The fraction of sp³-hybridized carbons (Fsp3) is 0.697. The topological polar surface area (TPSA) is 191 Å². The van der Waals surface area contributed by atoms with Gasteiger partial charge >= 0.3 is 35.8 Å². The molecule has 9 atom stereocenters. The molecule has 1 saturated carbocycles. The number of ether oxygens (including phenoxy) is 7. The zero-order chi connectivity index (χ0) is 34.9. The molecule has 1 N–H and O–H groups in total. The van der Waals surface area contributed by atoms with E-state index in [0.717, 1.165) is 6.92 Å². The summed E-state index contributed by atoms with van der Waals surface area (Å²) in [5.41, 5.74) is -4.50. The van der Waals surface area contributed by atoms with Crippen LogP contribution >= 0.6 is 0 Å². The van der Waals surface area contributed by atoms with E-state index in [1.54, 1.807) is 6.92 Å². The van der Waals surface area contributed by atoms with Crippen LogP contribution in [0.1, 0.15) is 67.7 Å². The summed E-state index contributed by atoms with van der Waals surface area (Å²) in [4.78, 5) is 75.7. The van der Waals surface area contributed by atoms with Gasteiger partial charge in [-0.1, -0.05) is 26.8 Å². The average molecular weight is 665 g/mol. The highest BCUT2D eigenvalue weighted by Gasteiger charge is 2.74. The summed E-state index contributed by atoms with van der Waals surface area (Å²) in [5, 5.41) is 12.6. The number of epoxide rings is 1. The van der Waals surface area contributed by atoms with Crippen LogP contribution in [0.2, 0.25) is 0 Å². The molecule has 2 aliphatic heterocycles. The zero-order valence-corrected chi connectivity index (χ0v) is 27.8. The normalized spacial score (nSPS) is 37.6. The maximum absolute atomic E-state index is 13.3. The lowest BCUT2D eigenvalue weighted by molar-refractivity contribution is -0.237. The molecule has 0 aromatic carbocycles. The maximum Gasteiger partial charge on any atom is 0.344 e. The minimum Gasteiger partial charge on any atom is -0.462 e. The van der Waals surface area contributed by atoms with Crippen molar-refractivity contribution in [2.24, 2.45) is 23.2 Å². The van der Waals surface area contributed by atoms with Crippen LogP contribution in [0.3, 0.4) is 0 Å². The van der Waals surface area contributed by atoms with Gasteiger partial charge in [0.15, 0.2) is 18.3 Å². The van der Waals surface area contributed by atoms with E-state index in [9.17, 15) is 33.9 Å². The third-order valence-electron chi connectivity index (χ3n) is 9.47. The molecule has 14 nitrogen and oxygen atoms in total. The van der Waals surface area contributed by atoms with E-state index in [2.05, 4.69) is 0 Å². The van der Waals surface area contributed by atoms with Gasteiger partial charge in [0.25, 0.3) is 0 Å². The highest BCUT2D eigenvalue weighted by Crippen LogP contribution is 2.62. The number of hydrogen-bond acceptors (Lipinski definition) is 14. The highest BCUT2D eigenvalue weighted by molar-refractivity contribution is 5.78. The van der Waals surface area contributed by atoms with Gasteiger partial charge in [-0.15, -0.1) is 0 Å². The number of aliphatic hydroxyl groups is 1. The zero-order valence-electron chi connectivity index (χ0n) is 27.8. The van der Waals surface area contributed by atoms with Crippen LogP contribution in [0.4, 0.5) is 0 Å². The van der Waals surface area contributed by atoms with Gasteiger partial charge in [0.05, 0.1) is 23.5 Å². The van der Waals surface area contributed by atoms with Crippen molar-refractivity contribution in [2.45, 2.75) is 103 Å². The molecule has 1 spiro atoms. The summed E-state index contributed by atoms with van der Waals surface area (Å²) in [5.74, 6) is -6.63. The molecule has 2 heterocycles. The first-order valence-electron chi connectivity index (χ1n) is 15.7. The Kier molecular flexibility index (Phi) is 10.6. The molecule has 0 aromatic heterocycles. The summed E-state index contributed by atoms with van der Waals surface area (Å²) < 4.78 is 39.8. The average Bonchev–Trinajstić information content (AvgIpc) is 3.70. The molecule has 2 aliphatic carbocycles. The van der Waals surface area contributed by atoms with Crippen molar-refractivity contribution < 1.29 is 67.0 Å². The smallest absolute Gasteiger partial charge is 0.344 e. The third-order valence-corrected chi connectivity index (χ3v) is 9.47. The van der Waals surface area contributed by atoms with Crippen molar-refractivity contribution in [3.05, 3.63) is 23.8 Å². The van der Waals surface area contributed by atoms with E-state index in [4.69, 9.17) is 33.2 Å². The Balaban J connectivity index is 1.93. The van der Waals surface area contributed by atoms with Crippen LogP contribution < -0.4 is 0 Å². The van der Waals surface area contributed by atoms with Crippen molar-refractivity contribution in [3.8, 4) is 0 Å². The summed E-state index contributed by atoms with van der Waals surface area (Å²) in [6, 6.07) is 0. The van der Waals surface area contributed by atoms with Crippen LogP contribution in [0.25, 0.3) is 0 Å². The van der Waals surface area contributed by atoms with Crippen molar-refractivity contribution >= 4 is 35.8 Å². The van der Waals surface area contributed by atoms with Gasteiger partial charge in [-0.05, 0) is 43.4 Å². The van der Waals surface area contributed by atoms with Crippen molar-refractivity contribution in [1.29, 1.82) is 0 Å². The summed E-state index contributed by atoms with van der Waals surface area (Å²) in [6.07, 6.45) is -0.178. The summed E-state index contributed by atoms with van der Waals surface area (Å²) in [7, 11) is 0. The van der Waals surface area contributed by atoms with Crippen molar-refractivity contribution in [3.63, 3.8) is 0 Å². The standard InChI is InChI=1S/C33H44O14/c1-17(2)12-26(37)42-15-27(38)46-23-9-8-22(14-41-19(4)34)13-25-33(40,18(3)30(39)47-25)29(45-21(6)36)28-31(23,7)24(44-20(5)35)10-11-32(28)16-43-32/h8-9,13,17-18,23-25,28-29,40H,10-12,14-16H2,1-7H3/b9-8-,22-13+/t18-,23-,24-,25-,28+,29-,31-,32-,33-/m0/s1. The fourth-order valence-corrected chi connectivity index (χ4v) is 7.14. The first kappa shape index (κ1) is 36.1. The lowest BCUT2D eigenvalue weighted by Crippen LogP contribution is -2.69. The number of fused-ring (bicyclic) bond motifs is 3. The van der Waals surface area contributed by atoms with Crippen LogP contribution in [-0.4, -0.2) is 96.4 Å². The molecule has 47 heavy (non-hydrogen) atoms. The second kappa shape index (κ2) is 13.8. The lowest BCUT2D eigenvalue weighted by Gasteiger charge is -2.56. The van der Waals surface area contributed by atoms with E-state index < -0.39 is 95.3 Å². The van der Waals surface area contributed by atoms with Gasteiger partial charge in [-0.2, -0.15) is 0 Å². The molecule has 0 unspecified atom stereocenters. The van der Waals surface area contributed by atoms with Crippen molar-refractivity contribution in [2.75, 3.05) is 19.8 Å². The van der Waals surface area contributed by atoms with Crippen molar-refractivity contribution in [1.82, 2.24) is 0 Å². The molecule has 0 amide bonds. The summed E-state index contributed by atoms with van der Waals surface area (Å²) in [6.45, 7) is 9.45. The Morgan fingerprint density at radius 1 is 1.00 bits per heavy atom. The predicted octanol–water partition coefficient (Wildman–Crippen LogP) is 1.89. The Labute approximate surface area is 273 Å². The maximum atomic E-state index is 13.3. The number of carbonyl (C=O) groups excluding carboxylic acids is 6. The quantitative estimate of drug-likeness (QED) is 0.214. The molecule has 0 bridgehead atoms. The van der Waals surface area contributed by atoms with E-state index in [1.165, 1.54) is 39.0 Å². The van der Waals surface area contributed by atoms with Gasteiger partial charge in [0.1, 0.15) is 24.9 Å². The number of rotatable bonds is 9. The molecule has 4 rings (SSSR count). The van der Waals surface area contributed by atoms with Gasteiger partial charge in [0.2, 0.25) is 0 Å². The van der Waals surface area contributed by atoms with E-state index in [-0.39, 0.29) is 37.5 Å². The van der Waals surface area contributed by atoms with Crippen LogP contribution in [-0.2, 0) is 61.9 Å². The molecular formula is C33H44O14. The minimum atomic E-state index is -2.21. The lowest BCUT2D eigenvalue weighted by atomic mass is 9.53. The van der Waals surface area contributed by atoms with Gasteiger partial charge in [-0.3, -0.25) is 24.0 Å². The molecule has 14 heteroatoms. The predicted molar refractivity (Wildman–Crippen MR) is 159 cm³/mol. The number of hydrogen-bond donors (Lipinski definition) is 1. The van der Waals surface area contributed by atoms with E-state index in [0.29, 0.717) is 6.42 Å². The van der Waals surface area contributed by atoms with Gasteiger partial charge in [-0.25, -0.2) is 4.79 Å². The Morgan fingerprint density at radius 2 is 1.66 bits per heavy atom. The second-order valence-corrected chi connectivity index (χ2v) is 13.4. The molecule has 4 aliphatic rings. The second-order valence-electron chi connectivity index (χ2n) is 13.4. The van der Waals surface area contributed by atoms with E-state index in [1.807, 2.05) is 13.8 Å². The van der Waals surface area contributed by atoms with Gasteiger partial charge in [0, 0.05) is 33.1 Å². The number of carbonyl (C=O) groups is 6. The highest BCUT2D eigenvalue weighted by atomic mass is 16.6. The molecule has 2 saturated heterocycles.